The zero-order valence-corrected chi connectivity index (χ0v) is 8.33. The summed E-state index contributed by atoms with van der Waals surface area (Å²) in [5, 5.41) is 18.6. The van der Waals surface area contributed by atoms with Gasteiger partial charge in [0.15, 0.2) is 5.70 Å². The van der Waals surface area contributed by atoms with Crippen LogP contribution < -0.4 is 5.32 Å². The lowest BCUT2D eigenvalue weighted by Gasteiger charge is -2.07. The average molecular weight is 185 g/mol. The smallest absolute Gasteiger partial charge is 0.275 e. The third kappa shape index (κ3) is 4.25. The van der Waals surface area contributed by atoms with E-state index in [0.29, 0.717) is 0 Å². The van der Waals surface area contributed by atoms with Gasteiger partial charge >= 0.3 is 0 Å². The van der Waals surface area contributed by atoms with Crippen LogP contribution in [0.3, 0.4) is 0 Å². The molecule has 0 rings (SSSR count). The van der Waals surface area contributed by atoms with Crippen molar-refractivity contribution < 1.29 is 9.90 Å². The number of aliphatic hydroxyl groups excluding tert-OH is 1. The number of carbonyl (C=O) groups excluding carboxylic acids is 1. The van der Waals surface area contributed by atoms with Gasteiger partial charge in [-0.25, -0.2) is 0 Å². The highest BCUT2D eigenvalue weighted by atomic mass is 16.3. The summed E-state index contributed by atoms with van der Waals surface area (Å²) in [7, 11) is 1.44. The van der Waals surface area contributed by atoms with E-state index in [2.05, 4.69) is 15.5 Å². The van der Waals surface area contributed by atoms with E-state index in [1.807, 2.05) is 13.8 Å². The van der Waals surface area contributed by atoms with E-state index >= 15 is 0 Å². The van der Waals surface area contributed by atoms with Gasteiger partial charge in [0.1, 0.15) is 5.76 Å². The first-order valence-electron chi connectivity index (χ1n) is 3.99. The predicted octanol–water partition coefficient (Wildman–Crippen LogP) is 1.38. The van der Waals surface area contributed by atoms with Crippen molar-refractivity contribution in [1.29, 1.82) is 0 Å². The summed E-state index contributed by atoms with van der Waals surface area (Å²) >= 11 is 0. The standard InChI is InChI=1S/C8H15N3O2/c1-5(2)10-8(13)7(6(3)12)11-9-4/h5,12H,1-4H3,(H,10,13). The van der Waals surface area contributed by atoms with Gasteiger partial charge < -0.3 is 10.4 Å². The maximum atomic E-state index is 11.3. The number of aliphatic hydroxyl groups is 1. The van der Waals surface area contributed by atoms with Crippen molar-refractivity contribution in [3.05, 3.63) is 11.5 Å². The summed E-state index contributed by atoms with van der Waals surface area (Å²) in [6, 6.07) is 0.00825. The minimum atomic E-state index is -0.416. The topological polar surface area (TPSA) is 74.0 Å². The van der Waals surface area contributed by atoms with E-state index in [1.54, 1.807) is 0 Å². The SMILES string of the molecule is CN=NC(C(=O)NC(C)C)=C(C)O. The van der Waals surface area contributed by atoms with Gasteiger partial charge in [-0.2, -0.15) is 5.11 Å². The Morgan fingerprint density at radius 3 is 2.31 bits per heavy atom. The van der Waals surface area contributed by atoms with Crippen LogP contribution in [0.25, 0.3) is 0 Å². The van der Waals surface area contributed by atoms with Gasteiger partial charge in [0.05, 0.1) is 0 Å². The Morgan fingerprint density at radius 1 is 1.46 bits per heavy atom. The van der Waals surface area contributed by atoms with Gasteiger partial charge in [0, 0.05) is 13.1 Å². The molecule has 0 saturated heterocycles. The Labute approximate surface area is 77.6 Å². The van der Waals surface area contributed by atoms with Crippen LogP contribution in [-0.4, -0.2) is 24.1 Å². The Bertz CT molecular complexity index is 240. The third-order valence-electron chi connectivity index (χ3n) is 1.18. The number of hydrogen-bond acceptors (Lipinski definition) is 4. The molecule has 5 heteroatoms. The molecular weight excluding hydrogens is 170 g/mol. The van der Waals surface area contributed by atoms with Crippen molar-refractivity contribution >= 4 is 5.91 Å². The molecule has 0 saturated carbocycles. The van der Waals surface area contributed by atoms with Crippen molar-refractivity contribution in [2.45, 2.75) is 26.8 Å². The molecule has 13 heavy (non-hydrogen) atoms. The fraction of sp³-hybridized carbons (Fsp3) is 0.625. The maximum absolute atomic E-state index is 11.3. The fourth-order valence-electron chi connectivity index (χ4n) is 0.713. The Hall–Kier alpha value is -1.39. The first kappa shape index (κ1) is 11.6. The second-order valence-electron chi connectivity index (χ2n) is 2.86. The molecule has 0 unspecified atom stereocenters. The van der Waals surface area contributed by atoms with Crippen molar-refractivity contribution in [2.24, 2.45) is 10.2 Å². The molecule has 0 aromatic carbocycles. The van der Waals surface area contributed by atoms with E-state index in [4.69, 9.17) is 5.11 Å². The molecule has 0 aromatic rings. The van der Waals surface area contributed by atoms with Gasteiger partial charge in [-0.1, -0.05) is 0 Å². The third-order valence-corrected chi connectivity index (χ3v) is 1.18. The molecule has 2 N–H and O–H groups in total. The van der Waals surface area contributed by atoms with E-state index in [9.17, 15) is 4.79 Å². The van der Waals surface area contributed by atoms with Crippen LogP contribution in [0, 0.1) is 0 Å². The molecule has 0 radical (unpaired) electrons. The second kappa shape index (κ2) is 5.29. The van der Waals surface area contributed by atoms with Crippen molar-refractivity contribution in [3.63, 3.8) is 0 Å². The van der Waals surface area contributed by atoms with Crippen LogP contribution in [-0.2, 0) is 4.79 Å². The van der Waals surface area contributed by atoms with Crippen molar-refractivity contribution in [2.75, 3.05) is 7.05 Å². The van der Waals surface area contributed by atoms with Gasteiger partial charge in [0.25, 0.3) is 5.91 Å². The molecule has 0 heterocycles. The second-order valence-corrected chi connectivity index (χ2v) is 2.86. The van der Waals surface area contributed by atoms with Crippen molar-refractivity contribution in [3.8, 4) is 0 Å². The molecule has 0 aliphatic heterocycles. The predicted molar refractivity (Wildman–Crippen MR) is 49.4 cm³/mol. The Balaban J connectivity index is 4.59. The van der Waals surface area contributed by atoms with E-state index < -0.39 is 5.91 Å². The molecule has 0 aromatic heterocycles. The lowest BCUT2D eigenvalue weighted by Crippen LogP contribution is -2.31. The number of carbonyl (C=O) groups is 1. The molecule has 0 spiro atoms. The van der Waals surface area contributed by atoms with Crippen LogP contribution >= 0.6 is 0 Å². The Kier molecular flexibility index (Phi) is 4.72. The highest BCUT2D eigenvalue weighted by molar-refractivity contribution is 5.93. The van der Waals surface area contributed by atoms with E-state index in [1.165, 1.54) is 14.0 Å². The molecule has 5 nitrogen and oxygen atoms in total. The minimum Gasteiger partial charge on any atom is -0.510 e. The zero-order chi connectivity index (χ0) is 10.4. The highest BCUT2D eigenvalue weighted by Gasteiger charge is 2.12. The van der Waals surface area contributed by atoms with Gasteiger partial charge in [-0.3, -0.25) is 4.79 Å². The number of azo groups is 1. The van der Waals surface area contributed by atoms with Gasteiger partial charge in [-0.05, 0) is 20.8 Å². The number of nitrogens with one attached hydrogen (secondary N) is 1. The largest absolute Gasteiger partial charge is 0.510 e. The Morgan fingerprint density at radius 2 is 2.00 bits per heavy atom. The van der Waals surface area contributed by atoms with Crippen LogP contribution in [0.4, 0.5) is 0 Å². The average Bonchev–Trinajstić information content (AvgIpc) is 1.97. The van der Waals surface area contributed by atoms with Gasteiger partial charge in [0.2, 0.25) is 0 Å². The summed E-state index contributed by atoms with van der Waals surface area (Å²) in [4.78, 5) is 11.3. The molecular formula is C8H15N3O2. The number of hydrogen-bond donors (Lipinski definition) is 2. The summed E-state index contributed by atoms with van der Waals surface area (Å²) in [5.41, 5.74) is -0.0452. The number of nitrogens with zero attached hydrogens (tertiary/aromatic N) is 2. The van der Waals surface area contributed by atoms with Crippen LogP contribution in [0.5, 0.6) is 0 Å². The lowest BCUT2D eigenvalue weighted by atomic mass is 10.3. The van der Waals surface area contributed by atoms with Gasteiger partial charge in [-0.15, -0.1) is 5.11 Å². The molecule has 0 aliphatic carbocycles. The fourth-order valence-corrected chi connectivity index (χ4v) is 0.713. The maximum Gasteiger partial charge on any atom is 0.275 e. The first-order valence-corrected chi connectivity index (χ1v) is 3.99. The molecule has 1 amide bonds. The molecule has 0 atom stereocenters. The molecule has 0 aliphatic rings. The molecule has 0 bridgehead atoms. The van der Waals surface area contributed by atoms with Crippen LogP contribution in [0.15, 0.2) is 21.7 Å². The highest BCUT2D eigenvalue weighted by Crippen LogP contribution is 2.03. The lowest BCUT2D eigenvalue weighted by molar-refractivity contribution is -0.118. The van der Waals surface area contributed by atoms with Crippen LogP contribution in [0.2, 0.25) is 0 Å². The number of amides is 1. The monoisotopic (exact) mass is 185 g/mol. The van der Waals surface area contributed by atoms with E-state index in [0.717, 1.165) is 0 Å². The first-order chi connectivity index (χ1) is 5.99. The van der Waals surface area contributed by atoms with E-state index in [-0.39, 0.29) is 17.5 Å². The van der Waals surface area contributed by atoms with Crippen molar-refractivity contribution in [1.82, 2.24) is 5.32 Å². The zero-order valence-electron chi connectivity index (χ0n) is 8.33. The number of rotatable bonds is 3. The summed E-state index contributed by atoms with van der Waals surface area (Å²) in [6.07, 6.45) is 0. The molecule has 74 valence electrons. The van der Waals surface area contributed by atoms with Crippen LogP contribution in [0.1, 0.15) is 20.8 Å². The summed E-state index contributed by atoms with van der Waals surface area (Å²) in [5.74, 6) is -0.552. The summed E-state index contributed by atoms with van der Waals surface area (Å²) < 4.78 is 0. The normalized spacial score (nSPS) is 13.3. The summed E-state index contributed by atoms with van der Waals surface area (Å²) in [6.45, 7) is 5.04. The molecule has 0 fully saturated rings. The number of allylic oxidation sites excluding steroid dienone is 1. The quantitative estimate of drug-likeness (QED) is 0.396. The minimum absolute atomic E-state index is 0.00825.